The first-order chi connectivity index (χ1) is 11.5. The van der Waals surface area contributed by atoms with E-state index in [0.717, 1.165) is 19.3 Å². The predicted octanol–water partition coefficient (Wildman–Crippen LogP) is 3.46. The first kappa shape index (κ1) is 17.0. The Morgan fingerprint density at radius 1 is 1.21 bits per heavy atom. The third-order valence-electron chi connectivity index (χ3n) is 5.06. The number of halogens is 1. The number of rotatable bonds is 3. The monoisotopic (exact) mass is 349 g/mol. The van der Waals surface area contributed by atoms with Crippen molar-refractivity contribution >= 4 is 34.9 Å². The van der Waals surface area contributed by atoms with Crippen molar-refractivity contribution in [1.29, 1.82) is 0 Å². The molecule has 0 heterocycles. The van der Waals surface area contributed by atoms with Gasteiger partial charge in [0.25, 0.3) is 0 Å². The highest BCUT2D eigenvalue weighted by atomic mass is 35.5. The number of hydrogen-bond donors (Lipinski definition) is 1. The van der Waals surface area contributed by atoms with Gasteiger partial charge in [-0.3, -0.25) is 9.59 Å². The molecule has 1 amide bonds. The van der Waals surface area contributed by atoms with Crippen LogP contribution in [0.25, 0.3) is 0 Å². The van der Waals surface area contributed by atoms with E-state index in [9.17, 15) is 14.4 Å². The van der Waals surface area contributed by atoms with Crippen molar-refractivity contribution in [2.75, 3.05) is 12.4 Å². The molecule has 5 nitrogen and oxygen atoms in total. The van der Waals surface area contributed by atoms with E-state index in [2.05, 4.69) is 10.1 Å². The van der Waals surface area contributed by atoms with Gasteiger partial charge in [0.1, 0.15) is 5.78 Å². The minimum Gasteiger partial charge on any atom is -0.465 e. The lowest BCUT2D eigenvalue weighted by molar-refractivity contribution is -0.136. The largest absolute Gasteiger partial charge is 0.465 e. The zero-order chi connectivity index (χ0) is 17.3. The third kappa shape index (κ3) is 3.31. The maximum absolute atomic E-state index is 12.6. The molecule has 2 aliphatic rings. The molecule has 3 rings (SSSR count). The van der Waals surface area contributed by atoms with Crippen molar-refractivity contribution in [3.8, 4) is 0 Å². The molecule has 0 radical (unpaired) electrons. The van der Waals surface area contributed by atoms with Gasteiger partial charge in [0.2, 0.25) is 5.91 Å². The Bertz CT molecular complexity index is 672. The SMILES string of the molecule is COC(=O)c1ccc(Cl)c(NC(=O)C2CC3CCCC(C2)C3=O)c1. The van der Waals surface area contributed by atoms with E-state index in [4.69, 9.17) is 11.6 Å². The smallest absolute Gasteiger partial charge is 0.337 e. The molecule has 2 fully saturated rings. The maximum atomic E-state index is 12.6. The summed E-state index contributed by atoms with van der Waals surface area (Å²) in [4.78, 5) is 36.4. The number of ether oxygens (including phenoxy) is 1. The maximum Gasteiger partial charge on any atom is 0.337 e. The van der Waals surface area contributed by atoms with Crippen LogP contribution in [-0.4, -0.2) is 24.8 Å². The Balaban J connectivity index is 1.73. The average Bonchev–Trinajstić information content (AvgIpc) is 2.55. The standard InChI is InChI=1S/C18H20ClNO4/c1-24-18(23)12-5-6-14(19)15(9-12)20-17(22)13-7-10-3-2-4-11(8-13)16(10)21/h5-6,9-11,13H,2-4,7-8H2,1H3,(H,20,22). The van der Waals surface area contributed by atoms with E-state index >= 15 is 0 Å². The van der Waals surface area contributed by atoms with Crippen LogP contribution >= 0.6 is 11.6 Å². The number of benzene rings is 1. The molecular weight excluding hydrogens is 330 g/mol. The summed E-state index contributed by atoms with van der Waals surface area (Å²) in [5, 5.41) is 3.18. The van der Waals surface area contributed by atoms with Crippen molar-refractivity contribution in [3.05, 3.63) is 28.8 Å². The van der Waals surface area contributed by atoms with Crippen LogP contribution in [0, 0.1) is 17.8 Å². The average molecular weight is 350 g/mol. The number of hydrogen-bond acceptors (Lipinski definition) is 4. The Morgan fingerprint density at radius 3 is 2.50 bits per heavy atom. The van der Waals surface area contributed by atoms with Gasteiger partial charge in [-0.2, -0.15) is 0 Å². The van der Waals surface area contributed by atoms with Crippen LogP contribution in [0.1, 0.15) is 42.5 Å². The lowest BCUT2D eigenvalue weighted by Crippen LogP contribution is -2.40. The normalized spacial score (nSPS) is 25.9. The first-order valence-electron chi connectivity index (χ1n) is 8.22. The second-order valence-corrected chi connectivity index (χ2v) is 6.98. The number of methoxy groups -OCH3 is 1. The summed E-state index contributed by atoms with van der Waals surface area (Å²) in [6, 6.07) is 4.62. The highest BCUT2D eigenvalue weighted by molar-refractivity contribution is 6.33. The zero-order valence-corrected chi connectivity index (χ0v) is 14.3. The quantitative estimate of drug-likeness (QED) is 0.848. The van der Waals surface area contributed by atoms with E-state index in [1.165, 1.54) is 13.2 Å². The van der Waals surface area contributed by atoms with Gasteiger partial charge in [-0.1, -0.05) is 18.0 Å². The van der Waals surface area contributed by atoms with Gasteiger partial charge in [-0.05, 0) is 43.9 Å². The second-order valence-electron chi connectivity index (χ2n) is 6.57. The van der Waals surface area contributed by atoms with E-state index in [1.54, 1.807) is 12.1 Å². The summed E-state index contributed by atoms with van der Waals surface area (Å²) in [6.07, 6.45) is 4.06. The molecule has 0 aliphatic heterocycles. The molecule has 6 heteroatoms. The molecule has 2 saturated carbocycles. The summed E-state index contributed by atoms with van der Waals surface area (Å²) in [6.45, 7) is 0. The van der Waals surface area contributed by atoms with Gasteiger partial charge < -0.3 is 10.1 Å². The van der Waals surface area contributed by atoms with Crippen LogP contribution in [0.3, 0.4) is 0 Å². The first-order valence-corrected chi connectivity index (χ1v) is 8.60. The number of carbonyl (C=O) groups excluding carboxylic acids is 3. The summed E-state index contributed by atoms with van der Waals surface area (Å²) >= 11 is 6.13. The molecular formula is C18H20ClNO4. The van der Waals surface area contributed by atoms with Gasteiger partial charge in [0, 0.05) is 17.8 Å². The molecule has 24 heavy (non-hydrogen) atoms. The van der Waals surface area contributed by atoms with Crippen LogP contribution in [0.2, 0.25) is 5.02 Å². The fraction of sp³-hybridized carbons (Fsp3) is 0.500. The third-order valence-corrected chi connectivity index (χ3v) is 5.39. The second kappa shape index (κ2) is 6.93. The molecule has 128 valence electrons. The summed E-state index contributed by atoms with van der Waals surface area (Å²) in [5.74, 6) is -0.439. The summed E-state index contributed by atoms with van der Waals surface area (Å²) < 4.78 is 4.68. The van der Waals surface area contributed by atoms with E-state index < -0.39 is 5.97 Å². The van der Waals surface area contributed by atoms with E-state index in [-0.39, 0.29) is 23.7 Å². The minimum absolute atomic E-state index is 0.0186. The molecule has 2 unspecified atom stereocenters. The van der Waals surface area contributed by atoms with Crippen LogP contribution in [0.15, 0.2) is 18.2 Å². The molecule has 0 aromatic heterocycles. The molecule has 0 saturated heterocycles. The van der Waals surface area contributed by atoms with Gasteiger partial charge in [0.15, 0.2) is 0 Å². The number of esters is 1. The van der Waals surface area contributed by atoms with Gasteiger partial charge in [0.05, 0.1) is 23.4 Å². The van der Waals surface area contributed by atoms with Crippen LogP contribution < -0.4 is 5.32 Å². The van der Waals surface area contributed by atoms with Crippen molar-refractivity contribution in [3.63, 3.8) is 0 Å². The fourth-order valence-corrected chi connectivity index (χ4v) is 3.96. The number of fused-ring (bicyclic) bond motifs is 2. The van der Waals surface area contributed by atoms with E-state index in [1.807, 2.05) is 0 Å². The van der Waals surface area contributed by atoms with Gasteiger partial charge in [-0.25, -0.2) is 4.79 Å². The topological polar surface area (TPSA) is 72.5 Å². The summed E-state index contributed by atoms with van der Waals surface area (Å²) in [5.41, 5.74) is 0.722. The van der Waals surface area contributed by atoms with Crippen molar-refractivity contribution < 1.29 is 19.1 Å². The molecule has 2 bridgehead atoms. The van der Waals surface area contributed by atoms with Crippen LogP contribution in [0.4, 0.5) is 5.69 Å². The van der Waals surface area contributed by atoms with Crippen molar-refractivity contribution in [1.82, 2.24) is 0 Å². The number of nitrogens with one attached hydrogen (secondary N) is 1. The number of carbonyl (C=O) groups is 3. The molecule has 2 aliphatic carbocycles. The van der Waals surface area contributed by atoms with Gasteiger partial charge >= 0.3 is 5.97 Å². The van der Waals surface area contributed by atoms with Crippen LogP contribution in [0.5, 0.6) is 0 Å². The molecule has 1 N–H and O–H groups in total. The molecule has 1 aromatic rings. The number of amides is 1. The Labute approximate surface area is 145 Å². The number of Topliss-reactive ketones (excluding diaryl/α,β-unsaturated/α-hetero) is 1. The van der Waals surface area contributed by atoms with E-state index in [0.29, 0.717) is 34.9 Å². The highest BCUT2D eigenvalue weighted by Gasteiger charge is 2.41. The Morgan fingerprint density at radius 2 is 1.88 bits per heavy atom. The lowest BCUT2D eigenvalue weighted by atomic mass is 9.67. The lowest BCUT2D eigenvalue weighted by Gasteiger charge is -2.37. The zero-order valence-electron chi connectivity index (χ0n) is 13.5. The number of anilines is 1. The Kier molecular flexibility index (Phi) is 4.90. The Hall–Kier alpha value is -1.88. The fourth-order valence-electron chi connectivity index (χ4n) is 3.79. The molecule has 0 spiro atoms. The predicted molar refractivity (Wildman–Crippen MR) is 90.0 cm³/mol. The van der Waals surface area contributed by atoms with Crippen molar-refractivity contribution in [2.24, 2.45) is 17.8 Å². The highest BCUT2D eigenvalue weighted by Crippen LogP contribution is 2.40. The molecule has 1 aromatic carbocycles. The van der Waals surface area contributed by atoms with Crippen LogP contribution in [-0.2, 0) is 14.3 Å². The minimum atomic E-state index is -0.486. The number of ketones is 1. The summed E-state index contributed by atoms with van der Waals surface area (Å²) in [7, 11) is 1.30. The molecule has 2 atom stereocenters. The van der Waals surface area contributed by atoms with Crippen molar-refractivity contribution in [2.45, 2.75) is 32.1 Å². The van der Waals surface area contributed by atoms with Gasteiger partial charge in [-0.15, -0.1) is 0 Å².